The van der Waals surface area contributed by atoms with Crippen molar-refractivity contribution in [1.82, 2.24) is 15.0 Å². The lowest BCUT2D eigenvalue weighted by atomic mass is 10.1. The highest BCUT2D eigenvalue weighted by molar-refractivity contribution is 6.31. The lowest BCUT2D eigenvalue weighted by Gasteiger charge is -2.11. The van der Waals surface area contributed by atoms with Gasteiger partial charge in [-0.2, -0.15) is 0 Å². The molecule has 0 aliphatic carbocycles. The number of halogens is 1. The molecule has 0 aliphatic rings. The number of pyridine rings is 2. The Balaban J connectivity index is 0.00000150. The molecular formula is C20H22ClN5O. The van der Waals surface area contributed by atoms with Gasteiger partial charge < -0.3 is 16.0 Å². The van der Waals surface area contributed by atoms with Crippen LogP contribution in [-0.4, -0.2) is 20.9 Å². The minimum Gasteiger partial charge on any atom is -0.365 e. The van der Waals surface area contributed by atoms with Gasteiger partial charge in [-0.3, -0.25) is 4.79 Å². The van der Waals surface area contributed by atoms with Gasteiger partial charge >= 0.3 is 0 Å². The fourth-order valence-corrected chi connectivity index (χ4v) is 3.07. The number of nitrogens with one attached hydrogen (secondary N) is 2. The van der Waals surface area contributed by atoms with E-state index in [1.54, 1.807) is 18.3 Å². The minimum absolute atomic E-state index is 0. The standard InChI is InChI=1S/C20H16ClN5O.3H2/c21-13-8-15-16(11-25-19(15)24-10-13)17-7-6-14(18(22)27)20(26-17)23-9-12-4-2-1-3-5-12;;;/h1-8,10-11H,9H2,(H2,22,27)(H,23,26)(H,24,25);3*1H. The van der Waals surface area contributed by atoms with E-state index in [0.717, 1.165) is 16.5 Å². The van der Waals surface area contributed by atoms with Crippen LogP contribution in [0.3, 0.4) is 0 Å². The van der Waals surface area contributed by atoms with Crippen molar-refractivity contribution in [3.63, 3.8) is 0 Å². The number of nitrogens with zero attached hydrogens (tertiary/aromatic N) is 2. The van der Waals surface area contributed by atoms with E-state index < -0.39 is 5.91 Å². The molecular weight excluding hydrogens is 362 g/mol. The zero-order valence-corrected chi connectivity index (χ0v) is 15.0. The van der Waals surface area contributed by atoms with Gasteiger partial charge in [0.1, 0.15) is 11.5 Å². The van der Waals surface area contributed by atoms with Crippen LogP contribution in [0.2, 0.25) is 5.02 Å². The number of carbonyl (C=O) groups is 1. The molecule has 4 N–H and O–H groups in total. The van der Waals surface area contributed by atoms with Gasteiger partial charge in [0.25, 0.3) is 5.91 Å². The average Bonchev–Trinajstić information content (AvgIpc) is 3.10. The first-order valence-electron chi connectivity index (χ1n) is 8.33. The Morgan fingerprint density at radius 1 is 1.22 bits per heavy atom. The predicted molar refractivity (Wildman–Crippen MR) is 113 cm³/mol. The zero-order valence-electron chi connectivity index (χ0n) is 14.2. The first-order chi connectivity index (χ1) is 13.1. The first kappa shape index (κ1) is 17.1. The topological polar surface area (TPSA) is 96.7 Å². The van der Waals surface area contributed by atoms with Crippen molar-refractivity contribution in [3.8, 4) is 11.3 Å². The number of aromatic nitrogens is 3. The van der Waals surface area contributed by atoms with Crippen LogP contribution in [-0.2, 0) is 6.54 Å². The summed E-state index contributed by atoms with van der Waals surface area (Å²) in [5.74, 6) is -0.0959. The number of H-pyrrole nitrogens is 1. The summed E-state index contributed by atoms with van der Waals surface area (Å²) in [5, 5.41) is 4.61. The Bertz CT molecular complexity index is 1140. The average molecular weight is 384 g/mol. The number of rotatable bonds is 5. The molecule has 0 unspecified atom stereocenters. The summed E-state index contributed by atoms with van der Waals surface area (Å²) >= 11 is 6.08. The van der Waals surface area contributed by atoms with Crippen LogP contribution in [0.5, 0.6) is 0 Å². The van der Waals surface area contributed by atoms with Crippen molar-refractivity contribution < 1.29 is 9.07 Å². The summed E-state index contributed by atoms with van der Waals surface area (Å²) in [4.78, 5) is 23.8. The van der Waals surface area contributed by atoms with Gasteiger partial charge in [-0.25, -0.2) is 9.97 Å². The number of benzene rings is 1. The van der Waals surface area contributed by atoms with Crippen molar-refractivity contribution in [2.24, 2.45) is 5.73 Å². The fourth-order valence-electron chi connectivity index (χ4n) is 2.91. The number of aromatic amines is 1. The second-order valence-electron chi connectivity index (χ2n) is 6.05. The third kappa shape index (κ3) is 3.47. The third-order valence-electron chi connectivity index (χ3n) is 4.24. The highest BCUT2D eigenvalue weighted by atomic mass is 35.5. The van der Waals surface area contributed by atoms with Gasteiger partial charge in [-0.05, 0) is 23.8 Å². The predicted octanol–water partition coefficient (Wildman–Crippen LogP) is 4.73. The maximum Gasteiger partial charge on any atom is 0.252 e. The number of anilines is 1. The van der Waals surface area contributed by atoms with Crippen LogP contribution >= 0.6 is 11.6 Å². The number of hydrogen-bond acceptors (Lipinski definition) is 4. The number of nitrogens with two attached hydrogens (primary N) is 1. The van der Waals surface area contributed by atoms with Gasteiger partial charge in [-0.15, -0.1) is 0 Å². The molecule has 0 saturated carbocycles. The van der Waals surface area contributed by atoms with E-state index in [9.17, 15) is 4.79 Å². The van der Waals surface area contributed by atoms with Crippen molar-refractivity contribution in [1.29, 1.82) is 0 Å². The Kier molecular flexibility index (Phi) is 4.48. The van der Waals surface area contributed by atoms with E-state index in [0.29, 0.717) is 34.3 Å². The molecule has 1 aromatic carbocycles. The molecule has 27 heavy (non-hydrogen) atoms. The highest BCUT2D eigenvalue weighted by Gasteiger charge is 2.14. The maximum atomic E-state index is 11.8. The number of amides is 1. The van der Waals surface area contributed by atoms with E-state index in [1.165, 1.54) is 0 Å². The molecule has 4 aromatic rings. The van der Waals surface area contributed by atoms with Crippen LogP contribution in [0.15, 0.2) is 60.9 Å². The number of primary amides is 1. The van der Waals surface area contributed by atoms with Gasteiger partial charge in [0.05, 0.1) is 16.3 Å². The molecule has 0 fully saturated rings. The molecule has 0 aliphatic heterocycles. The number of carbonyl (C=O) groups excluding carboxylic acids is 1. The van der Waals surface area contributed by atoms with Crippen molar-refractivity contribution in [3.05, 3.63) is 77.1 Å². The monoisotopic (exact) mass is 383 g/mol. The highest BCUT2D eigenvalue weighted by Crippen LogP contribution is 2.30. The Morgan fingerprint density at radius 2 is 2.04 bits per heavy atom. The smallest absolute Gasteiger partial charge is 0.252 e. The quantitative estimate of drug-likeness (QED) is 0.464. The molecule has 0 atom stereocenters. The van der Waals surface area contributed by atoms with Crippen LogP contribution < -0.4 is 11.1 Å². The minimum atomic E-state index is -0.534. The molecule has 3 heterocycles. The summed E-state index contributed by atoms with van der Waals surface area (Å²) in [6.45, 7) is 0.527. The second-order valence-corrected chi connectivity index (χ2v) is 6.48. The summed E-state index contributed by atoms with van der Waals surface area (Å²) in [7, 11) is 0. The van der Waals surface area contributed by atoms with Gasteiger partial charge in [0.15, 0.2) is 0 Å². The SMILES string of the molecule is NC(=O)c1ccc(-c2c[nH]c3ncc(Cl)cc23)nc1NCc1ccccc1.[HH].[HH].[HH]. The molecule has 0 radical (unpaired) electrons. The van der Waals surface area contributed by atoms with Crippen LogP contribution in [0.1, 0.15) is 20.2 Å². The van der Waals surface area contributed by atoms with Crippen LogP contribution in [0.4, 0.5) is 5.82 Å². The van der Waals surface area contributed by atoms with E-state index in [4.69, 9.17) is 17.3 Å². The second kappa shape index (κ2) is 7.09. The Morgan fingerprint density at radius 3 is 2.81 bits per heavy atom. The summed E-state index contributed by atoms with van der Waals surface area (Å²) in [5.41, 5.74) is 9.17. The molecule has 0 saturated heterocycles. The van der Waals surface area contributed by atoms with Gasteiger partial charge in [0, 0.05) is 34.2 Å². The molecule has 6 nitrogen and oxygen atoms in total. The molecule has 3 aromatic heterocycles. The van der Waals surface area contributed by atoms with Crippen molar-refractivity contribution in [2.45, 2.75) is 6.54 Å². The van der Waals surface area contributed by atoms with Gasteiger partial charge in [0.2, 0.25) is 0 Å². The van der Waals surface area contributed by atoms with E-state index >= 15 is 0 Å². The third-order valence-corrected chi connectivity index (χ3v) is 4.44. The van der Waals surface area contributed by atoms with Crippen molar-refractivity contribution >= 4 is 34.4 Å². The number of hydrogen-bond donors (Lipinski definition) is 3. The molecule has 1 amide bonds. The summed E-state index contributed by atoms with van der Waals surface area (Å²) in [6.07, 6.45) is 3.40. The molecule has 140 valence electrons. The Hall–Kier alpha value is -3.38. The summed E-state index contributed by atoms with van der Waals surface area (Å²) < 4.78 is 0. The molecule has 0 spiro atoms. The molecule has 7 heteroatoms. The zero-order chi connectivity index (χ0) is 18.8. The number of fused-ring (bicyclic) bond motifs is 1. The van der Waals surface area contributed by atoms with Crippen LogP contribution in [0, 0.1) is 0 Å². The van der Waals surface area contributed by atoms with E-state index in [-0.39, 0.29) is 4.28 Å². The van der Waals surface area contributed by atoms with E-state index in [2.05, 4.69) is 20.3 Å². The van der Waals surface area contributed by atoms with Crippen LogP contribution in [0.25, 0.3) is 22.3 Å². The maximum absolute atomic E-state index is 11.8. The van der Waals surface area contributed by atoms with Crippen molar-refractivity contribution in [2.75, 3.05) is 5.32 Å². The summed E-state index contributed by atoms with van der Waals surface area (Å²) in [6, 6.07) is 15.1. The lowest BCUT2D eigenvalue weighted by Crippen LogP contribution is -2.15. The normalized spacial score (nSPS) is 10.9. The fraction of sp³-hybridized carbons (Fsp3) is 0.0500. The molecule has 4 rings (SSSR count). The largest absolute Gasteiger partial charge is 0.365 e. The Labute approximate surface area is 164 Å². The van der Waals surface area contributed by atoms with E-state index in [1.807, 2.05) is 42.6 Å². The van der Waals surface area contributed by atoms with Gasteiger partial charge in [-0.1, -0.05) is 41.9 Å². The lowest BCUT2D eigenvalue weighted by molar-refractivity contribution is 0.100. The molecule has 0 bridgehead atoms. The first-order valence-corrected chi connectivity index (χ1v) is 8.71.